The van der Waals surface area contributed by atoms with Crippen LogP contribution in [0.2, 0.25) is 0 Å². The van der Waals surface area contributed by atoms with Gasteiger partial charge in [0.2, 0.25) is 5.91 Å². The minimum Gasteiger partial charge on any atom is -0.381 e. The van der Waals surface area contributed by atoms with Crippen molar-refractivity contribution in [2.45, 2.75) is 78.7 Å². The monoisotopic (exact) mass is 409 g/mol. The number of carbonyl (C=O) groups is 1. The number of likely N-dealkylation sites (tertiary alicyclic amines) is 1. The largest absolute Gasteiger partial charge is 0.381 e. The molecule has 5 heteroatoms. The maximum absolute atomic E-state index is 12.5. The highest BCUT2D eigenvalue weighted by atomic mass is 16.5. The SMILES string of the molecule is CCC(C)CCOCCCC(=O)N1CCC(CN2CCN(C(C)CC)CC2)CC1. The summed E-state index contributed by atoms with van der Waals surface area (Å²) >= 11 is 0. The van der Waals surface area contributed by atoms with Crippen molar-refractivity contribution in [2.24, 2.45) is 11.8 Å². The number of nitrogens with zero attached hydrogens (tertiary/aromatic N) is 3. The third-order valence-electron chi connectivity index (χ3n) is 7.24. The van der Waals surface area contributed by atoms with E-state index in [-0.39, 0.29) is 0 Å². The lowest BCUT2D eigenvalue weighted by atomic mass is 9.95. The molecule has 2 rings (SSSR count). The van der Waals surface area contributed by atoms with Gasteiger partial charge in [0.15, 0.2) is 0 Å². The van der Waals surface area contributed by atoms with Gasteiger partial charge in [0.1, 0.15) is 0 Å². The van der Waals surface area contributed by atoms with E-state index >= 15 is 0 Å². The van der Waals surface area contributed by atoms with Crippen LogP contribution in [0.15, 0.2) is 0 Å². The molecule has 29 heavy (non-hydrogen) atoms. The van der Waals surface area contributed by atoms with Crippen LogP contribution in [0.1, 0.15) is 72.6 Å². The highest BCUT2D eigenvalue weighted by molar-refractivity contribution is 5.76. The quantitative estimate of drug-likeness (QED) is 0.458. The number of amides is 1. The Bertz CT molecular complexity index is 443. The topological polar surface area (TPSA) is 36.0 Å². The number of ether oxygens (including phenoxy) is 1. The Morgan fingerprint density at radius 3 is 2.28 bits per heavy atom. The van der Waals surface area contributed by atoms with Gasteiger partial charge in [-0.25, -0.2) is 0 Å². The Kier molecular flexibility index (Phi) is 11.6. The molecule has 0 spiro atoms. The zero-order chi connectivity index (χ0) is 21.1. The van der Waals surface area contributed by atoms with Gasteiger partial charge in [0.25, 0.3) is 0 Å². The lowest BCUT2D eigenvalue weighted by molar-refractivity contribution is -0.133. The summed E-state index contributed by atoms with van der Waals surface area (Å²) in [4.78, 5) is 19.8. The van der Waals surface area contributed by atoms with Crippen molar-refractivity contribution in [1.29, 1.82) is 0 Å². The molecule has 0 saturated carbocycles. The molecule has 0 aliphatic carbocycles. The van der Waals surface area contributed by atoms with Crippen LogP contribution in [-0.2, 0) is 9.53 Å². The smallest absolute Gasteiger partial charge is 0.222 e. The first kappa shape index (κ1) is 24.6. The van der Waals surface area contributed by atoms with Gasteiger partial charge in [-0.05, 0) is 50.9 Å². The molecule has 2 fully saturated rings. The van der Waals surface area contributed by atoms with E-state index in [9.17, 15) is 4.79 Å². The van der Waals surface area contributed by atoms with E-state index in [2.05, 4.69) is 42.4 Å². The van der Waals surface area contributed by atoms with Crippen LogP contribution in [0.25, 0.3) is 0 Å². The van der Waals surface area contributed by atoms with Crippen molar-refractivity contribution < 1.29 is 9.53 Å². The fraction of sp³-hybridized carbons (Fsp3) is 0.958. The number of carbonyl (C=O) groups excluding carboxylic acids is 1. The van der Waals surface area contributed by atoms with Crippen LogP contribution in [0.5, 0.6) is 0 Å². The molecule has 0 radical (unpaired) electrons. The summed E-state index contributed by atoms with van der Waals surface area (Å²) in [6.45, 7) is 18.6. The van der Waals surface area contributed by atoms with Crippen LogP contribution in [0.4, 0.5) is 0 Å². The molecule has 0 aromatic rings. The summed E-state index contributed by atoms with van der Waals surface area (Å²) < 4.78 is 5.70. The van der Waals surface area contributed by atoms with Gasteiger partial charge in [-0.3, -0.25) is 9.69 Å². The fourth-order valence-electron chi connectivity index (χ4n) is 4.45. The average Bonchev–Trinajstić information content (AvgIpc) is 2.76. The van der Waals surface area contributed by atoms with E-state index in [0.29, 0.717) is 12.3 Å². The van der Waals surface area contributed by atoms with Crippen molar-refractivity contribution in [3.63, 3.8) is 0 Å². The average molecular weight is 410 g/mol. The predicted octanol–water partition coefficient (Wildman–Crippen LogP) is 3.87. The zero-order valence-corrected chi connectivity index (χ0v) is 19.7. The second kappa shape index (κ2) is 13.6. The highest BCUT2D eigenvalue weighted by Crippen LogP contribution is 2.20. The highest BCUT2D eigenvalue weighted by Gasteiger charge is 2.26. The lowest BCUT2D eigenvalue weighted by Crippen LogP contribution is -2.51. The first-order valence-corrected chi connectivity index (χ1v) is 12.3. The number of piperazine rings is 1. The number of hydrogen-bond donors (Lipinski definition) is 0. The molecular formula is C24H47N3O2. The summed E-state index contributed by atoms with van der Waals surface area (Å²) in [5.41, 5.74) is 0. The minimum atomic E-state index is 0.330. The van der Waals surface area contributed by atoms with E-state index in [1.807, 2.05) is 0 Å². The minimum absolute atomic E-state index is 0.330. The Morgan fingerprint density at radius 2 is 1.66 bits per heavy atom. The summed E-state index contributed by atoms with van der Waals surface area (Å²) in [7, 11) is 0. The molecule has 2 atom stereocenters. The normalized spacial score (nSPS) is 22.0. The third-order valence-corrected chi connectivity index (χ3v) is 7.24. The molecule has 2 saturated heterocycles. The van der Waals surface area contributed by atoms with E-state index in [4.69, 9.17) is 4.74 Å². The molecule has 1 amide bonds. The van der Waals surface area contributed by atoms with Gasteiger partial charge < -0.3 is 14.5 Å². The van der Waals surface area contributed by atoms with E-state index in [0.717, 1.165) is 57.0 Å². The molecule has 0 aromatic heterocycles. The van der Waals surface area contributed by atoms with Gasteiger partial charge in [-0.1, -0.05) is 27.2 Å². The first-order valence-electron chi connectivity index (χ1n) is 12.3. The van der Waals surface area contributed by atoms with Gasteiger partial charge in [-0.15, -0.1) is 0 Å². The molecule has 2 heterocycles. The molecular weight excluding hydrogens is 362 g/mol. The third kappa shape index (κ3) is 8.94. The molecule has 5 nitrogen and oxygen atoms in total. The standard InChI is InChI=1S/C24H47N3O2/c1-5-21(3)11-19-29-18-7-8-24(28)27-12-9-23(10-13-27)20-25-14-16-26(17-15-25)22(4)6-2/h21-23H,5-20H2,1-4H3. The van der Waals surface area contributed by atoms with Crippen molar-refractivity contribution in [1.82, 2.24) is 14.7 Å². The van der Waals surface area contributed by atoms with Crippen molar-refractivity contribution in [2.75, 3.05) is 59.0 Å². The molecule has 0 bridgehead atoms. The van der Waals surface area contributed by atoms with Crippen LogP contribution >= 0.6 is 0 Å². The number of hydrogen-bond acceptors (Lipinski definition) is 4. The predicted molar refractivity (Wildman–Crippen MR) is 121 cm³/mol. The van der Waals surface area contributed by atoms with E-state index in [1.54, 1.807) is 0 Å². The second-order valence-electron chi connectivity index (χ2n) is 9.44. The molecule has 2 unspecified atom stereocenters. The molecule has 0 N–H and O–H groups in total. The van der Waals surface area contributed by atoms with Crippen LogP contribution in [-0.4, -0.2) is 85.7 Å². The molecule has 2 aliphatic rings. The Morgan fingerprint density at radius 1 is 0.966 bits per heavy atom. The Hall–Kier alpha value is -0.650. The summed E-state index contributed by atoms with van der Waals surface area (Å²) in [5.74, 6) is 1.83. The van der Waals surface area contributed by atoms with Crippen molar-refractivity contribution in [3.8, 4) is 0 Å². The van der Waals surface area contributed by atoms with Gasteiger partial charge in [0, 0.05) is 71.5 Å². The molecule has 0 aromatic carbocycles. The maximum atomic E-state index is 12.5. The van der Waals surface area contributed by atoms with Gasteiger partial charge >= 0.3 is 0 Å². The van der Waals surface area contributed by atoms with E-state index < -0.39 is 0 Å². The van der Waals surface area contributed by atoms with Crippen LogP contribution in [0, 0.1) is 11.8 Å². The number of piperidine rings is 1. The van der Waals surface area contributed by atoms with Crippen molar-refractivity contribution in [3.05, 3.63) is 0 Å². The lowest BCUT2D eigenvalue weighted by Gasteiger charge is -2.40. The summed E-state index contributed by atoms with van der Waals surface area (Å²) in [6, 6.07) is 0.719. The van der Waals surface area contributed by atoms with Crippen LogP contribution < -0.4 is 0 Å². The van der Waals surface area contributed by atoms with Crippen LogP contribution in [0.3, 0.4) is 0 Å². The maximum Gasteiger partial charge on any atom is 0.222 e. The fourth-order valence-corrected chi connectivity index (χ4v) is 4.45. The number of rotatable bonds is 12. The molecule has 170 valence electrons. The second-order valence-corrected chi connectivity index (χ2v) is 9.44. The zero-order valence-electron chi connectivity index (χ0n) is 19.7. The van der Waals surface area contributed by atoms with E-state index in [1.165, 1.54) is 58.4 Å². The van der Waals surface area contributed by atoms with Crippen molar-refractivity contribution >= 4 is 5.91 Å². The summed E-state index contributed by atoms with van der Waals surface area (Å²) in [6.07, 6.45) is 7.43. The van der Waals surface area contributed by atoms with Gasteiger partial charge in [-0.2, -0.15) is 0 Å². The molecule has 2 aliphatic heterocycles. The van der Waals surface area contributed by atoms with Gasteiger partial charge in [0.05, 0.1) is 0 Å². The summed E-state index contributed by atoms with van der Waals surface area (Å²) in [5, 5.41) is 0. The first-order chi connectivity index (χ1) is 14.0. The Labute approximate surface area is 180 Å². The Balaban J connectivity index is 1.53.